The van der Waals surface area contributed by atoms with E-state index in [4.69, 9.17) is 32.5 Å². The molecule has 1 aliphatic rings. The third-order valence-electron chi connectivity index (χ3n) is 4.35. The Hall–Kier alpha value is -1.99. The number of amides is 2. The summed E-state index contributed by atoms with van der Waals surface area (Å²) < 4.78 is 10.5. The average Bonchev–Trinajstić information content (AvgIpc) is 2.59. The van der Waals surface area contributed by atoms with Crippen LogP contribution in [0.1, 0.15) is 30.1 Å². The molecule has 25 heavy (non-hydrogen) atoms. The van der Waals surface area contributed by atoms with Gasteiger partial charge < -0.3 is 25.8 Å². The van der Waals surface area contributed by atoms with E-state index in [-0.39, 0.29) is 35.1 Å². The van der Waals surface area contributed by atoms with Crippen LogP contribution in [0.4, 0.5) is 0 Å². The number of methoxy groups -OCH3 is 1. The SMILES string of the molecule is COc1cc(C(=O)N2CCC(C)CC2CN)cc(Cl)c1OCC(N)=O. The molecule has 138 valence electrons. The molecule has 2 atom stereocenters. The second kappa shape index (κ2) is 8.40. The van der Waals surface area contributed by atoms with E-state index in [2.05, 4.69) is 6.92 Å². The number of rotatable bonds is 6. The Balaban J connectivity index is 2.28. The number of nitrogens with zero attached hydrogens (tertiary/aromatic N) is 1. The molecular formula is C17H24ClN3O4. The first kappa shape index (κ1) is 19.3. The first-order valence-corrected chi connectivity index (χ1v) is 8.54. The highest BCUT2D eigenvalue weighted by molar-refractivity contribution is 6.32. The quantitative estimate of drug-likeness (QED) is 0.788. The monoisotopic (exact) mass is 369 g/mol. The van der Waals surface area contributed by atoms with Crippen LogP contribution in [0.2, 0.25) is 5.02 Å². The zero-order chi connectivity index (χ0) is 18.6. The van der Waals surface area contributed by atoms with Crippen molar-refractivity contribution >= 4 is 23.4 Å². The third-order valence-corrected chi connectivity index (χ3v) is 4.63. The van der Waals surface area contributed by atoms with Crippen molar-refractivity contribution in [2.75, 3.05) is 26.8 Å². The van der Waals surface area contributed by atoms with Crippen LogP contribution in [0, 0.1) is 5.92 Å². The van der Waals surface area contributed by atoms with Crippen LogP contribution in [-0.4, -0.2) is 49.6 Å². The molecular weight excluding hydrogens is 346 g/mol. The summed E-state index contributed by atoms with van der Waals surface area (Å²) in [5, 5.41) is 0.179. The predicted molar refractivity (Wildman–Crippen MR) is 95.0 cm³/mol. The summed E-state index contributed by atoms with van der Waals surface area (Å²) in [6.07, 6.45) is 1.82. The zero-order valence-corrected chi connectivity index (χ0v) is 15.2. The fraction of sp³-hybridized carbons (Fsp3) is 0.529. The van der Waals surface area contributed by atoms with E-state index in [0.717, 1.165) is 12.8 Å². The largest absolute Gasteiger partial charge is 0.493 e. The molecule has 0 aliphatic carbocycles. The van der Waals surface area contributed by atoms with Gasteiger partial charge in [-0.05, 0) is 30.9 Å². The van der Waals surface area contributed by atoms with E-state index in [1.807, 2.05) is 0 Å². The number of carbonyl (C=O) groups excluding carboxylic acids is 2. The Bertz CT molecular complexity index is 653. The van der Waals surface area contributed by atoms with Crippen molar-refractivity contribution in [3.05, 3.63) is 22.7 Å². The zero-order valence-electron chi connectivity index (χ0n) is 14.5. The standard InChI is InChI=1S/C17H24ClN3O4/c1-10-3-4-21(12(5-10)8-19)17(23)11-6-13(18)16(14(7-11)24-2)25-9-15(20)22/h6-7,10,12H,3-5,8-9,19H2,1-2H3,(H2,20,22). The molecule has 1 saturated heterocycles. The fourth-order valence-corrected chi connectivity index (χ4v) is 3.30. The molecule has 1 aromatic carbocycles. The van der Waals surface area contributed by atoms with E-state index in [1.54, 1.807) is 11.0 Å². The highest BCUT2D eigenvalue weighted by Crippen LogP contribution is 2.37. The van der Waals surface area contributed by atoms with E-state index in [1.165, 1.54) is 13.2 Å². The highest BCUT2D eigenvalue weighted by atomic mass is 35.5. The van der Waals surface area contributed by atoms with Gasteiger partial charge in [-0.3, -0.25) is 9.59 Å². The molecule has 1 aliphatic heterocycles. The van der Waals surface area contributed by atoms with Gasteiger partial charge >= 0.3 is 0 Å². The summed E-state index contributed by atoms with van der Waals surface area (Å²) in [5.41, 5.74) is 11.3. The number of likely N-dealkylation sites (tertiary alicyclic amines) is 1. The second-order valence-corrected chi connectivity index (χ2v) is 6.67. The Labute approximate surface area is 152 Å². The molecule has 0 radical (unpaired) electrons. The summed E-state index contributed by atoms with van der Waals surface area (Å²) in [4.78, 5) is 25.6. The van der Waals surface area contributed by atoms with E-state index >= 15 is 0 Å². The number of hydrogen-bond acceptors (Lipinski definition) is 5. The van der Waals surface area contributed by atoms with Crippen LogP contribution in [0.15, 0.2) is 12.1 Å². The summed E-state index contributed by atoms with van der Waals surface area (Å²) in [6.45, 7) is 2.90. The van der Waals surface area contributed by atoms with Crippen LogP contribution in [0.25, 0.3) is 0 Å². The van der Waals surface area contributed by atoms with Gasteiger partial charge in [-0.2, -0.15) is 0 Å². The number of nitrogens with two attached hydrogens (primary N) is 2. The Morgan fingerprint density at radius 2 is 2.12 bits per heavy atom. The first-order valence-electron chi connectivity index (χ1n) is 8.17. The maximum Gasteiger partial charge on any atom is 0.255 e. The molecule has 2 unspecified atom stereocenters. The number of benzene rings is 1. The maximum absolute atomic E-state index is 12.9. The van der Waals surface area contributed by atoms with Gasteiger partial charge in [-0.1, -0.05) is 18.5 Å². The minimum atomic E-state index is -0.633. The molecule has 1 aromatic rings. The van der Waals surface area contributed by atoms with Crippen LogP contribution in [0.5, 0.6) is 11.5 Å². The van der Waals surface area contributed by atoms with Crippen molar-refractivity contribution in [1.29, 1.82) is 0 Å². The number of carbonyl (C=O) groups is 2. The molecule has 0 bridgehead atoms. The first-order chi connectivity index (χ1) is 11.9. The van der Waals surface area contributed by atoms with Crippen molar-refractivity contribution in [3.8, 4) is 11.5 Å². The van der Waals surface area contributed by atoms with Gasteiger partial charge in [0.1, 0.15) is 0 Å². The third kappa shape index (κ3) is 4.55. The lowest BCUT2D eigenvalue weighted by Crippen LogP contribution is -2.49. The van der Waals surface area contributed by atoms with Crippen molar-refractivity contribution in [3.63, 3.8) is 0 Å². The van der Waals surface area contributed by atoms with Crippen LogP contribution >= 0.6 is 11.6 Å². The van der Waals surface area contributed by atoms with Gasteiger partial charge in [-0.25, -0.2) is 0 Å². The molecule has 1 fully saturated rings. The van der Waals surface area contributed by atoms with Crippen molar-refractivity contribution in [2.45, 2.75) is 25.8 Å². The van der Waals surface area contributed by atoms with Crippen molar-refractivity contribution < 1.29 is 19.1 Å². The smallest absolute Gasteiger partial charge is 0.255 e. The average molecular weight is 370 g/mol. The maximum atomic E-state index is 12.9. The topological polar surface area (TPSA) is 108 Å². The van der Waals surface area contributed by atoms with Gasteiger partial charge in [0.25, 0.3) is 11.8 Å². The Morgan fingerprint density at radius 1 is 1.40 bits per heavy atom. The molecule has 2 rings (SSSR count). The summed E-state index contributed by atoms with van der Waals surface area (Å²) in [7, 11) is 1.43. The molecule has 8 heteroatoms. The predicted octanol–water partition coefficient (Wildman–Crippen LogP) is 1.41. The molecule has 0 aromatic heterocycles. The Morgan fingerprint density at radius 3 is 2.72 bits per heavy atom. The molecule has 0 spiro atoms. The van der Waals surface area contributed by atoms with Gasteiger partial charge in [0, 0.05) is 24.7 Å². The molecule has 1 heterocycles. The van der Waals surface area contributed by atoms with Gasteiger partial charge in [-0.15, -0.1) is 0 Å². The molecule has 2 amide bonds. The van der Waals surface area contributed by atoms with Crippen LogP contribution in [-0.2, 0) is 4.79 Å². The lowest BCUT2D eigenvalue weighted by Gasteiger charge is -2.38. The fourth-order valence-electron chi connectivity index (χ4n) is 3.03. The lowest BCUT2D eigenvalue weighted by molar-refractivity contribution is -0.119. The van der Waals surface area contributed by atoms with E-state index in [0.29, 0.717) is 24.6 Å². The highest BCUT2D eigenvalue weighted by Gasteiger charge is 2.30. The summed E-state index contributed by atoms with van der Waals surface area (Å²) in [6, 6.07) is 3.07. The van der Waals surface area contributed by atoms with Crippen molar-refractivity contribution in [1.82, 2.24) is 4.90 Å². The van der Waals surface area contributed by atoms with Crippen LogP contribution in [0.3, 0.4) is 0 Å². The van der Waals surface area contributed by atoms with E-state index in [9.17, 15) is 9.59 Å². The van der Waals surface area contributed by atoms with Gasteiger partial charge in [0.2, 0.25) is 0 Å². The van der Waals surface area contributed by atoms with Gasteiger partial charge in [0.15, 0.2) is 18.1 Å². The minimum Gasteiger partial charge on any atom is -0.493 e. The minimum absolute atomic E-state index is 0.00630. The normalized spacial score (nSPS) is 20.2. The molecule has 4 N–H and O–H groups in total. The number of primary amides is 1. The summed E-state index contributed by atoms with van der Waals surface area (Å²) >= 11 is 6.22. The summed E-state index contributed by atoms with van der Waals surface area (Å²) in [5.74, 6) is 0.213. The van der Waals surface area contributed by atoms with Gasteiger partial charge in [0.05, 0.1) is 12.1 Å². The number of piperidine rings is 1. The van der Waals surface area contributed by atoms with Crippen LogP contribution < -0.4 is 20.9 Å². The second-order valence-electron chi connectivity index (χ2n) is 6.26. The number of hydrogen-bond donors (Lipinski definition) is 2. The number of ether oxygens (including phenoxy) is 2. The van der Waals surface area contributed by atoms with E-state index < -0.39 is 5.91 Å². The lowest BCUT2D eigenvalue weighted by atomic mass is 9.92. The number of halogens is 1. The molecule has 7 nitrogen and oxygen atoms in total. The molecule has 0 saturated carbocycles. The Kier molecular flexibility index (Phi) is 6.50. The van der Waals surface area contributed by atoms with Crippen molar-refractivity contribution in [2.24, 2.45) is 17.4 Å².